The fourth-order valence-electron chi connectivity index (χ4n) is 3.67. The Bertz CT molecular complexity index is 1070. The predicted octanol–water partition coefficient (Wildman–Crippen LogP) is 3.35. The lowest BCUT2D eigenvalue weighted by Crippen LogP contribution is -2.28. The number of carbonyl (C=O) groups excluding carboxylic acids is 2. The summed E-state index contributed by atoms with van der Waals surface area (Å²) < 4.78 is 13.2. The molecule has 0 saturated carbocycles. The number of rotatable bonds is 9. The topological polar surface area (TPSA) is 85.7 Å². The van der Waals surface area contributed by atoms with Crippen molar-refractivity contribution in [3.8, 4) is 11.5 Å². The predicted molar refractivity (Wildman–Crippen MR) is 121 cm³/mol. The lowest BCUT2D eigenvalue weighted by Gasteiger charge is -2.20. The minimum absolute atomic E-state index is 0.0898. The summed E-state index contributed by atoms with van der Waals surface area (Å²) in [6.45, 7) is 3.81. The molecule has 2 heterocycles. The molecule has 1 atom stereocenters. The van der Waals surface area contributed by atoms with Crippen molar-refractivity contribution in [2.75, 3.05) is 30.0 Å². The highest BCUT2D eigenvalue weighted by atomic mass is 16.5. The fourth-order valence-corrected chi connectivity index (χ4v) is 3.67. The van der Waals surface area contributed by atoms with Crippen LogP contribution in [0.5, 0.6) is 11.5 Å². The Kier molecular flexibility index (Phi) is 6.69. The van der Waals surface area contributed by atoms with E-state index in [-0.39, 0.29) is 18.2 Å². The Labute approximate surface area is 186 Å². The molecular weight excluding hydrogens is 408 g/mol. The van der Waals surface area contributed by atoms with Crippen LogP contribution in [0.3, 0.4) is 0 Å². The van der Waals surface area contributed by atoms with Gasteiger partial charge in [-0.1, -0.05) is 18.2 Å². The zero-order chi connectivity index (χ0) is 22.3. The van der Waals surface area contributed by atoms with Gasteiger partial charge in [-0.15, -0.1) is 0 Å². The molecule has 32 heavy (non-hydrogen) atoms. The number of amides is 2. The number of hydrogen-bond acceptors (Lipinski definition) is 5. The van der Waals surface area contributed by atoms with Crippen molar-refractivity contribution in [1.82, 2.24) is 9.78 Å². The van der Waals surface area contributed by atoms with Crippen LogP contribution < -0.4 is 19.7 Å². The molecule has 0 bridgehead atoms. The molecule has 4 rings (SSSR count). The highest BCUT2D eigenvalue weighted by Crippen LogP contribution is 2.33. The number of carbonyl (C=O) groups is 2. The van der Waals surface area contributed by atoms with Gasteiger partial charge in [0.1, 0.15) is 18.1 Å². The van der Waals surface area contributed by atoms with E-state index in [1.165, 1.54) is 0 Å². The highest BCUT2D eigenvalue weighted by Gasteiger charge is 2.36. The second kappa shape index (κ2) is 10.00. The molecule has 1 fully saturated rings. The lowest BCUT2D eigenvalue weighted by molar-refractivity contribution is -0.122. The van der Waals surface area contributed by atoms with Crippen LogP contribution in [0.2, 0.25) is 0 Å². The van der Waals surface area contributed by atoms with Gasteiger partial charge in [0.05, 0.1) is 24.8 Å². The highest BCUT2D eigenvalue weighted by molar-refractivity contribution is 6.04. The summed E-state index contributed by atoms with van der Waals surface area (Å²) >= 11 is 0. The van der Waals surface area contributed by atoms with Crippen LogP contribution in [-0.2, 0) is 16.1 Å². The molecule has 8 heteroatoms. The van der Waals surface area contributed by atoms with Crippen LogP contribution in [0.15, 0.2) is 67.0 Å². The van der Waals surface area contributed by atoms with E-state index in [1.54, 1.807) is 27.9 Å². The summed E-state index contributed by atoms with van der Waals surface area (Å²) in [5.41, 5.74) is 1.33. The maximum absolute atomic E-state index is 12.9. The quantitative estimate of drug-likeness (QED) is 0.558. The monoisotopic (exact) mass is 434 g/mol. The Balaban J connectivity index is 1.36. The Morgan fingerprint density at radius 3 is 2.84 bits per heavy atom. The first-order valence-corrected chi connectivity index (χ1v) is 10.7. The summed E-state index contributed by atoms with van der Waals surface area (Å²) in [6.07, 6.45) is 3.76. The number of anilines is 2. The Hall–Kier alpha value is -3.81. The minimum Gasteiger partial charge on any atom is -0.492 e. The third-order valence-corrected chi connectivity index (χ3v) is 5.20. The third kappa shape index (κ3) is 5.08. The van der Waals surface area contributed by atoms with E-state index in [0.29, 0.717) is 49.2 Å². The van der Waals surface area contributed by atoms with E-state index in [2.05, 4.69) is 10.4 Å². The van der Waals surface area contributed by atoms with Crippen molar-refractivity contribution in [2.45, 2.75) is 19.9 Å². The lowest BCUT2D eigenvalue weighted by atomic mass is 10.1. The molecule has 2 aromatic carbocycles. The third-order valence-electron chi connectivity index (χ3n) is 5.20. The molecule has 0 aliphatic carbocycles. The van der Waals surface area contributed by atoms with Gasteiger partial charge < -0.3 is 19.7 Å². The van der Waals surface area contributed by atoms with Crippen molar-refractivity contribution < 1.29 is 19.1 Å². The van der Waals surface area contributed by atoms with Gasteiger partial charge in [-0.2, -0.15) is 5.10 Å². The van der Waals surface area contributed by atoms with Gasteiger partial charge in [0.15, 0.2) is 0 Å². The summed E-state index contributed by atoms with van der Waals surface area (Å²) in [5.74, 6) is 0.576. The van der Waals surface area contributed by atoms with Crippen molar-refractivity contribution in [3.63, 3.8) is 0 Å². The number of hydrogen-bond donors (Lipinski definition) is 1. The average Bonchev–Trinajstić information content (AvgIpc) is 3.45. The first-order valence-electron chi connectivity index (χ1n) is 10.7. The van der Waals surface area contributed by atoms with Crippen molar-refractivity contribution >= 4 is 23.2 Å². The van der Waals surface area contributed by atoms with E-state index in [1.807, 2.05) is 55.6 Å². The molecule has 1 saturated heterocycles. The maximum atomic E-state index is 12.9. The maximum Gasteiger partial charge on any atom is 0.229 e. The largest absolute Gasteiger partial charge is 0.492 e. The number of aromatic nitrogens is 2. The Morgan fingerprint density at radius 1 is 1.16 bits per heavy atom. The molecule has 1 aliphatic rings. The van der Waals surface area contributed by atoms with E-state index in [4.69, 9.17) is 9.47 Å². The van der Waals surface area contributed by atoms with Gasteiger partial charge >= 0.3 is 0 Å². The summed E-state index contributed by atoms with van der Waals surface area (Å²) in [4.78, 5) is 27.1. The second-order valence-corrected chi connectivity index (χ2v) is 7.44. The first kappa shape index (κ1) is 21.4. The fraction of sp³-hybridized carbons (Fsp3) is 0.292. The summed E-state index contributed by atoms with van der Waals surface area (Å²) in [5, 5.41) is 7.05. The van der Waals surface area contributed by atoms with Gasteiger partial charge in [0.2, 0.25) is 11.8 Å². The van der Waals surface area contributed by atoms with E-state index in [0.717, 1.165) is 0 Å². The van der Waals surface area contributed by atoms with E-state index < -0.39 is 5.92 Å². The number of para-hydroxylation sites is 2. The van der Waals surface area contributed by atoms with Gasteiger partial charge in [0.25, 0.3) is 0 Å². The van der Waals surface area contributed by atoms with Crippen LogP contribution in [-0.4, -0.2) is 41.4 Å². The number of nitrogens with one attached hydrogen (secondary N) is 1. The molecular formula is C24H26N4O4. The van der Waals surface area contributed by atoms with Gasteiger partial charge in [-0.05, 0) is 37.3 Å². The van der Waals surface area contributed by atoms with Gasteiger partial charge in [0, 0.05) is 37.1 Å². The molecule has 8 nitrogen and oxygen atoms in total. The summed E-state index contributed by atoms with van der Waals surface area (Å²) in [7, 11) is 0. The standard InChI is InChI=1S/C24H26N4O4/c1-2-31-22-10-4-3-9-21(22)28-17-18(15-23(28)29)24(30)26-19-7-5-8-20(16-19)32-14-13-27-12-6-11-25-27/h3-12,16,18H,2,13-15,17H2,1H3,(H,26,30). The first-order chi connectivity index (χ1) is 15.6. The molecule has 1 N–H and O–H groups in total. The number of benzene rings is 2. The van der Waals surface area contributed by atoms with E-state index in [9.17, 15) is 9.59 Å². The van der Waals surface area contributed by atoms with Crippen LogP contribution >= 0.6 is 0 Å². The number of ether oxygens (including phenoxy) is 2. The minimum atomic E-state index is -0.443. The van der Waals surface area contributed by atoms with Crippen LogP contribution in [0.1, 0.15) is 13.3 Å². The molecule has 166 valence electrons. The zero-order valence-corrected chi connectivity index (χ0v) is 17.9. The molecule has 2 amide bonds. The van der Waals surface area contributed by atoms with Crippen molar-refractivity contribution in [1.29, 1.82) is 0 Å². The van der Waals surface area contributed by atoms with Crippen molar-refractivity contribution in [3.05, 3.63) is 67.0 Å². The van der Waals surface area contributed by atoms with Crippen LogP contribution in [0, 0.1) is 5.92 Å². The van der Waals surface area contributed by atoms with Crippen LogP contribution in [0.4, 0.5) is 11.4 Å². The normalized spacial score (nSPS) is 15.6. The molecule has 0 radical (unpaired) electrons. The second-order valence-electron chi connectivity index (χ2n) is 7.44. The molecule has 0 spiro atoms. The Morgan fingerprint density at radius 2 is 2.03 bits per heavy atom. The zero-order valence-electron chi connectivity index (χ0n) is 17.9. The molecule has 1 aromatic heterocycles. The SMILES string of the molecule is CCOc1ccccc1N1CC(C(=O)Nc2cccc(OCCn3cccn3)c2)CC1=O. The summed E-state index contributed by atoms with van der Waals surface area (Å²) in [6, 6.07) is 16.5. The van der Waals surface area contributed by atoms with Crippen LogP contribution in [0.25, 0.3) is 0 Å². The average molecular weight is 434 g/mol. The van der Waals surface area contributed by atoms with Crippen molar-refractivity contribution in [2.24, 2.45) is 5.92 Å². The number of nitrogens with zero attached hydrogens (tertiary/aromatic N) is 3. The smallest absolute Gasteiger partial charge is 0.229 e. The molecule has 1 unspecified atom stereocenters. The molecule has 3 aromatic rings. The van der Waals surface area contributed by atoms with E-state index >= 15 is 0 Å². The van der Waals surface area contributed by atoms with Gasteiger partial charge in [-0.25, -0.2) is 0 Å². The molecule has 1 aliphatic heterocycles. The van der Waals surface area contributed by atoms with Gasteiger partial charge in [-0.3, -0.25) is 14.3 Å².